The largest absolute Gasteiger partial charge is 0.185 e. The molecule has 1 aromatic rings. The van der Waals surface area contributed by atoms with Crippen molar-refractivity contribution in [2.24, 2.45) is 0 Å². The lowest BCUT2D eigenvalue weighted by Crippen LogP contribution is -1.49. The van der Waals surface area contributed by atoms with E-state index in [0.29, 0.717) is 0 Å². The van der Waals surface area contributed by atoms with Crippen LogP contribution in [-0.2, 0) is 0 Å². The summed E-state index contributed by atoms with van der Waals surface area (Å²) in [4.78, 5) is 1.24. The van der Waals surface area contributed by atoms with Gasteiger partial charge in [-0.2, -0.15) is 4.37 Å². The Morgan fingerprint density at radius 1 is 1.86 bits per heavy atom. The lowest BCUT2D eigenvalue weighted by atomic mass is 10.6. The molecule has 0 spiro atoms. The van der Waals surface area contributed by atoms with Gasteiger partial charge in [-0.1, -0.05) is 0 Å². The summed E-state index contributed by atoms with van der Waals surface area (Å²) in [6.45, 7) is 2.03. The molecular formula is C4H4BrNS. The van der Waals surface area contributed by atoms with E-state index in [1.165, 1.54) is 16.4 Å². The average Bonchev–Trinajstić information content (AvgIpc) is 1.87. The van der Waals surface area contributed by atoms with E-state index in [2.05, 4.69) is 20.3 Å². The molecule has 0 aromatic carbocycles. The second-order valence-electron chi connectivity index (χ2n) is 1.26. The summed E-state index contributed by atoms with van der Waals surface area (Å²) >= 11 is 4.74. The summed E-state index contributed by atoms with van der Waals surface area (Å²) in [7, 11) is 0. The van der Waals surface area contributed by atoms with Crippen molar-refractivity contribution in [3.63, 3.8) is 0 Å². The lowest BCUT2D eigenvalue weighted by Gasteiger charge is -1.65. The van der Waals surface area contributed by atoms with E-state index < -0.39 is 0 Å². The summed E-state index contributed by atoms with van der Waals surface area (Å²) in [6, 6.07) is 1.99. The zero-order chi connectivity index (χ0) is 5.28. The molecule has 0 atom stereocenters. The Bertz CT molecular complexity index is 144. The third-order valence-electron chi connectivity index (χ3n) is 0.599. The molecule has 1 rings (SSSR count). The first kappa shape index (κ1) is 5.25. The molecule has 1 aromatic heterocycles. The normalized spacial score (nSPS) is 9.43. The topological polar surface area (TPSA) is 12.9 Å². The van der Waals surface area contributed by atoms with Gasteiger partial charge in [0.05, 0.1) is 0 Å². The van der Waals surface area contributed by atoms with Gasteiger partial charge in [-0.3, -0.25) is 0 Å². The standard InChI is InChI=1S/C4H4BrNS/c1-3-2-4(5)6-7-3/h2H,1H3. The summed E-state index contributed by atoms with van der Waals surface area (Å²) < 4.78 is 4.91. The Hall–Kier alpha value is 0.110. The molecule has 0 aliphatic carbocycles. The van der Waals surface area contributed by atoms with Gasteiger partial charge < -0.3 is 0 Å². The van der Waals surface area contributed by atoms with E-state index in [1.54, 1.807) is 0 Å². The van der Waals surface area contributed by atoms with Crippen molar-refractivity contribution in [3.05, 3.63) is 15.5 Å². The van der Waals surface area contributed by atoms with Crippen molar-refractivity contribution in [3.8, 4) is 0 Å². The summed E-state index contributed by atoms with van der Waals surface area (Å²) in [6.07, 6.45) is 0. The smallest absolute Gasteiger partial charge is 0.120 e. The van der Waals surface area contributed by atoms with Crippen molar-refractivity contribution in [2.45, 2.75) is 6.92 Å². The first-order valence-electron chi connectivity index (χ1n) is 1.88. The maximum absolute atomic E-state index is 3.97. The molecule has 0 saturated heterocycles. The van der Waals surface area contributed by atoms with Crippen LogP contribution >= 0.6 is 27.5 Å². The third kappa shape index (κ3) is 1.24. The van der Waals surface area contributed by atoms with Crippen LogP contribution in [0.5, 0.6) is 0 Å². The van der Waals surface area contributed by atoms with Gasteiger partial charge in [0.2, 0.25) is 0 Å². The highest BCUT2D eigenvalue weighted by Crippen LogP contribution is 2.12. The Morgan fingerprint density at radius 3 is 2.71 bits per heavy atom. The number of hydrogen-bond donors (Lipinski definition) is 0. The average molecular weight is 178 g/mol. The minimum atomic E-state index is 0.940. The van der Waals surface area contributed by atoms with Crippen LogP contribution in [0.1, 0.15) is 4.88 Å². The van der Waals surface area contributed by atoms with Gasteiger partial charge in [0.25, 0.3) is 0 Å². The second kappa shape index (κ2) is 1.92. The minimum Gasteiger partial charge on any atom is -0.185 e. The Labute approximate surface area is 54.7 Å². The molecular weight excluding hydrogens is 174 g/mol. The molecule has 38 valence electrons. The van der Waals surface area contributed by atoms with E-state index in [1.807, 2.05) is 13.0 Å². The predicted octanol–water partition coefficient (Wildman–Crippen LogP) is 2.21. The van der Waals surface area contributed by atoms with Crippen molar-refractivity contribution in [2.75, 3.05) is 0 Å². The van der Waals surface area contributed by atoms with Crippen LogP contribution in [0.25, 0.3) is 0 Å². The SMILES string of the molecule is Cc1cc(Br)ns1. The first-order valence-corrected chi connectivity index (χ1v) is 3.44. The van der Waals surface area contributed by atoms with Crippen molar-refractivity contribution in [1.82, 2.24) is 4.37 Å². The fourth-order valence-electron chi connectivity index (χ4n) is 0.336. The van der Waals surface area contributed by atoms with Crippen molar-refractivity contribution < 1.29 is 0 Å². The van der Waals surface area contributed by atoms with Gasteiger partial charge in [0, 0.05) is 4.88 Å². The molecule has 1 nitrogen and oxygen atoms in total. The van der Waals surface area contributed by atoms with Gasteiger partial charge >= 0.3 is 0 Å². The Balaban J connectivity index is 3.04. The monoisotopic (exact) mass is 177 g/mol. The third-order valence-corrected chi connectivity index (χ3v) is 1.93. The van der Waals surface area contributed by atoms with E-state index in [0.717, 1.165) is 4.60 Å². The number of nitrogens with zero attached hydrogens (tertiary/aromatic N) is 1. The minimum absolute atomic E-state index is 0.940. The Morgan fingerprint density at radius 2 is 2.57 bits per heavy atom. The van der Waals surface area contributed by atoms with Crippen LogP contribution in [0, 0.1) is 6.92 Å². The molecule has 0 bridgehead atoms. The molecule has 0 N–H and O–H groups in total. The second-order valence-corrected chi connectivity index (χ2v) is 3.08. The molecule has 0 amide bonds. The predicted molar refractivity (Wildman–Crippen MR) is 34.6 cm³/mol. The molecule has 0 aliphatic rings. The molecule has 0 aliphatic heterocycles. The van der Waals surface area contributed by atoms with E-state index >= 15 is 0 Å². The summed E-state index contributed by atoms with van der Waals surface area (Å²) in [5.74, 6) is 0. The lowest BCUT2D eigenvalue weighted by molar-refractivity contribution is 1.49. The maximum atomic E-state index is 3.97. The quantitative estimate of drug-likeness (QED) is 0.593. The van der Waals surface area contributed by atoms with Crippen molar-refractivity contribution >= 4 is 27.5 Å². The van der Waals surface area contributed by atoms with Gasteiger partial charge in [0.1, 0.15) is 4.60 Å². The van der Waals surface area contributed by atoms with Crippen LogP contribution in [-0.4, -0.2) is 4.37 Å². The van der Waals surface area contributed by atoms with Gasteiger partial charge in [0.15, 0.2) is 0 Å². The van der Waals surface area contributed by atoms with Crippen LogP contribution in [0.3, 0.4) is 0 Å². The number of aromatic nitrogens is 1. The first-order chi connectivity index (χ1) is 3.29. The summed E-state index contributed by atoms with van der Waals surface area (Å²) in [5, 5.41) is 0. The van der Waals surface area contributed by atoms with E-state index in [9.17, 15) is 0 Å². The molecule has 0 unspecified atom stereocenters. The number of rotatable bonds is 0. The highest BCUT2D eigenvalue weighted by atomic mass is 79.9. The molecule has 7 heavy (non-hydrogen) atoms. The van der Waals surface area contributed by atoms with Gasteiger partial charge in [-0.05, 0) is 40.5 Å². The van der Waals surface area contributed by atoms with Gasteiger partial charge in [-0.25, -0.2) is 0 Å². The van der Waals surface area contributed by atoms with Gasteiger partial charge in [-0.15, -0.1) is 0 Å². The Kier molecular flexibility index (Phi) is 1.44. The van der Waals surface area contributed by atoms with E-state index in [4.69, 9.17) is 0 Å². The fraction of sp³-hybridized carbons (Fsp3) is 0.250. The molecule has 0 radical (unpaired) electrons. The molecule has 3 heteroatoms. The zero-order valence-corrected chi connectivity index (χ0v) is 6.21. The fourth-order valence-corrected chi connectivity index (χ4v) is 1.50. The molecule has 0 saturated carbocycles. The highest BCUT2D eigenvalue weighted by molar-refractivity contribution is 9.10. The molecule has 1 heterocycles. The van der Waals surface area contributed by atoms with Crippen LogP contribution in [0.4, 0.5) is 0 Å². The highest BCUT2D eigenvalue weighted by Gasteiger charge is 1.88. The van der Waals surface area contributed by atoms with Crippen molar-refractivity contribution in [1.29, 1.82) is 0 Å². The maximum Gasteiger partial charge on any atom is 0.120 e. The summed E-state index contributed by atoms with van der Waals surface area (Å²) in [5.41, 5.74) is 0. The number of aryl methyl sites for hydroxylation is 1. The van der Waals surface area contributed by atoms with Crippen LogP contribution < -0.4 is 0 Å². The number of hydrogen-bond acceptors (Lipinski definition) is 2. The van der Waals surface area contributed by atoms with E-state index in [-0.39, 0.29) is 0 Å². The molecule has 0 fully saturated rings. The van der Waals surface area contributed by atoms with Crippen LogP contribution in [0.15, 0.2) is 10.7 Å². The number of halogens is 1. The zero-order valence-electron chi connectivity index (χ0n) is 3.81. The van der Waals surface area contributed by atoms with Crippen LogP contribution in [0.2, 0.25) is 0 Å².